The van der Waals surface area contributed by atoms with Gasteiger partial charge in [-0.2, -0.15) is 10.2 Å². The molecule has 21 heavy (non-hydrogen) atoms. The van der Waals surface area contributed by atoms with Crippen molar-refractivity contribution in [3.05, 3.63) is 20.5 Å². The van der Waals surface area contributed by atoms with Crippen molar-refractivity contribution in [2.24, 2.45) is 5.92 Å². The molecular weight excluding hydrogens is 342 g/mol. The molecule has 0 amide bonds. The van der Waals surface area contributed by atoms with Crippen LogP contribution in [-0.2, 0) is 6.54 Å². The summed E-state index contributed by atoms with van der Waals surface area (Å²) in [7, 11) is 0. The Kier molecular flexibility index (Phi) is 4.62. The second-order valence-corrected chi connectivity index (χ2v) is 5.35. The molecule has 5 N–H and O–H groups in total. The summed E-state index contributed by atoms with van der Waals surface area (Å²) in [4.78, 5) is 18.4. The lowest BCUT2D eigenvalue weighted by Gasteiger charge is -2.12. The van der Waals surface area contributed by atoms with Gasteiger partial charge in [-0.1, -0.05) is 0 Å². The van der Waals surface area contributed by atoms with Crippen LogP contribution in [-0.4, -0.2) is 38.0 Å². The number of aliphatic hydroxyl groups excluding tert-OH is 2. The van der Waals surface area contributed by atoms with Crippen LogP contribution in [0.2, 0.25) is 0 Å². The summed E-state index contributed by atoms with van der Waals surface area (Å²) >= 11 is 3.29. The molecule has 0 bridgehead atoms. The van der Waals surface area contributed by atoms with E-state index in [9.17, 15) is 10.1 Å². The van der Waals surface area contributed by atoms with E-state index in [0.717, 1.165) is 0 Å². The number of nitrogen functional groups attached to an aromatic ring is 1. The molecular formula is C12H14BrN5O3. The fraction of sp³-hybridized carbons (Fsp3) is 0.417. The van der Waals surface area contributed by atoms with Gasteiger partial charge in [0.25, 0.3) is 5.56 Å². The van der Waals surface area contributed by atoms with E-state index in [-0.39, 0.29) is 36.0 Å². The number of rotatable bonds is 5. The van der Waals surface area contributed by atoms with Crippen LogP contribution in [0, 0.1) is 17.2 Å². The number of nitrogens with one attached hydrogen (secondary N) is 1. The van der Waals surface area contributed by atoms with Gasteiger partial charge in [0.15, 0.2) is 5.65 Å². The Bertz CT molecular complexity index is 757. The number of aromatic amines is 1. The Morgan fingerprint density at radius 1 is 1.48 bits per heavy atom. The number of anilines is 1. The summed E-state index contributed by atoms with van der Waals surface area (Å²) in [5.74, 6) is -0.316. The molecule has 0 saturated heterocycles. The number of hydrogen-bond donors (Lipinski definition) is 4. The third-order valence-electron chi connectivity index (χ3n) is 3.26. The lowest BCUT2D eigenvalue weighted by Crippen LogP contribution is -2.15. The molecule has 0 fully saturated rings. The van der Waals surface area contributed by atoms with Gasteiger partial charge in [0.2, 0.25) is 5.95 Å². The number of nitriles is 1. The van der Waals surface area contributed by atoms with E-state index in [1.807, 2.05) is 6.07 Å². The van der Waals surface area contributed by atoms with Gasteiger partial charge >= 0.3 is 0 Å². The van der Waals surface area contributed by atoms with Crippen LogP contribution < -0.4 is 11.3 Å². The van der Waals surface area contributed by atoms with Gasteiger partial charge in [-0.05, 0) is 22.4 Å². The molecule has 0 aliphatic heterocycles. The fourth-order valence-electron chi connectivity index (χ4n) is 2.09. The molecule has 9 heteroatoms. The van der Waals surface area contributed by atoms with Gasteiger partial charge in [-0.15, -0.1) is 0 Å². The summed E-state index contributed by atoms with van der Waals surface area (Å²) in [5, 5.41) is 27.6. The van der Waals surface area contributed by atoms with Crippen molar-refractivity contribution in [1.82, 2.24) is 14.5 Å². The van der Waals surface area contributed by atoms with Crippen molar-refractivity contribution in [3.8, 4) is 6.07 Å². The smallest absolute Gasteiger partial charge is 0.263 e. The average Bonchev–Trinajstić information content (AvgIpc) is 2.72. The topological polar surface area (TPSA) is 141 Å². The van der Waals surface area contributed by atoms with Crippen molar-refractivity contribution < 1.29 is 10.2 Å². The molecule has 2 aromatic heterocycles. The molecule has 112 valence electrons. The summed E-state index contributed by atoms with van der Waals surface area (Å²) < 4.78 is 2.07. The van der Waals surface area contributed by atoms with E-state index in [1.165, 1.54) is 0 Å². The molecule has 0 spiro atoms. The average molecular weight is 356 g/mol. The summed E-state index contributed by atoms with van der Waals surface area (Å²) in [6, 6.07) is 1.97. The molecule has 8 nitrogen and oxygen atoms in total. The number of fused-ring (bicyclic) bond motifs is 1. The Labute approximate surface area is 128 Å². The zero-order valence-electron chi connectivity index (χ0n) is 11.0. The highest BCUT2D eigenvalue weighted by Crippen LogP contribution is 2.27. The van der Waals surface area contributed by atoms with Crippen molar-refractivity contribution in [3.63, 3.8) is 0 Å². The van der Waals surface area contributed by atoms with Crippen LogP contribution in [0.15, 0.2) is 9.40 Å². The lowest BCUT2D eigenvalue weighted by molar-refractivity contribution is 0.140. The Morgan fingerprint density at radius 3 is 2.71 bits per heavy atom. The minimum absolute atomic E-state index is 0.0379. The number of aromatic nitrogens is 3. The number of nitrogens with zero attached hydrogens (tertiary/aromatic N) is 3. The Morgan fingerprint density at radius 2 is 2.14 bits per heavy atom. The standard InChI is InChI=1S/C12H14BrN5O3/c13-9-7(3-14)8-10(16-12(15)17-11(8)21)18(9)2-1-6(4-19)5-20/h6,19-20H,1-2,4-5H2,(H3,15,16,17,21). The van der Waals surface area contributed by atoms with Crippen LogP contribution in [0.25, 0.3) is 11.0 Å². The molecule has 0 atom stereocenters. The number of nitrogens with two attached hydrogens (primary N) is 1. The fourth-order valence-corrected chi connectivity index (χ4v) is 2.72. The summed E-state index contributed by atoms with van der Waals surface area (Å²) in [6.07, 6.45) is 0.467. The van der Waals surface area contributed by atoms with Crippen LogP contribution in [0.5, 0.6) is 0 Å². The van der Waals surface area contributed by atoms with Gasteiger partial charge < -0.3 is 20.5 Å². The lowest BCUT2D eigenvalue weighted by atomic mass is 10.1. The SMILES string of the molecule is N#Cc1c(Br)n(CCC(CO)CO)c2nc(N)[nH]c(=O)c12. The number of H-pyrrole nitrogens is 1. The first-order valence-corrected chi connectivity index (χ1v) is 7.02. The first kappa shape index (κ1) is 15.5. The first-order valence-electron chi connectivity index (χ1n) is 6.22. The molecule has 2 aromatic rings. The molecule has 2 heterocycles. The van der Waals surface area contributed by atoms with E-state index in [1.54, 1.807) is 4.57 Å². The quantitative estimate of drug-likeness (QED) is 0.591. The third-order valence-corrected chi connectivity index (χ3v) is 4.08. The second-order valence-electron chi connectivity index (χ2n) is 4.60. The van der Waals surface area contributed by atoms with Crippen LogP contribution in [0.3, 0.4) is 0 Å². The maximum Gasteiger partial charge on any atom is 0.263 e. The van der Waals surface area contributed by atoms with E-state index < -0.39 is 5.56 Å². The Balaban J connectivity index is 2.56. The zero-order chi connectivity index (χ0) is 15.6. The van der Waals surface area contributed by atoms with Crippen molar-refractivity contribution in [2.75, 3.05) is 18.9 Å². The monoisotopic (exact) mass is 355 g/mol. The highest BCUT2D eigenvalue weighted by atomic mass is 79.9. The van der Waals surface area contributed by atoms with Crippen LogP contribution >= 0.6 is 15.9 Å². The number of hydrogen-bond acceptors (Lipinski definition) is 6. The Hall–Kier alpha value is -1.89. The van der Waals surface area contributed by atoms with E-state index >= 15 is 0 Å². The third kappa shape index (κ3) is 2.78. The van der Waals surface area contributed by atoms with Gasteiger partial charge in [0.05, 0.1) is 5.56 Å². The van der Waals surface area contributed by atoms with E-state index in [0.29, 0.717) is 23.2 Å². The molecule has 2 rings (SSSR count). The van der Waals surface area contributed by atoms with Crippen LogP contribution in [0.4, 0.5) is 5.95 Å². The first-order chi connectivity index (χ1) is 10.0. The second kappa shape index (κ2) is 6.26. The maximum atomic E-state index is 12.0. The number of aliphatic hydroxyl groups is 2. The molecule has 0 unspecified atom stereocenters. The number of halogens is 1. The van der Waals surface area contributed by atoms with Crippen LogP contribution in [0.1, 0.15) is 12.0 Å². The highest BCUT2D eigenvalue weighted by Gasteiger charge is 2.20. The predicted molar refractivity (Wildman–Crippen MR) is 79.5 cm³/mol. The van der Waals surface area contributed by atoms with Crippen molar-refractivity contribution >= 4 is 32.9 Å². The normalized spacial score (nSPS) is 11.2. The minimum Gasteiger partial charge on any atom is -0.396 e. The molecule has 0 aliphatic rings. The van der Waals surface area contributed by atoms with Gasteiger partial charge in [0.1, 0.15) is 16.1 Å². The molecule has 0 saturated carbocycles. The van der Waals surface area contributed by atoms with E-state index in [4.69, 9.17) is 15.9 Å². The number of aryl methyl sites for hydroxylation is 1. The molecule has 0 aliphatic carbocycles. The summed E-state index contributed by atoms with van der Waals surface area (Å²) in [6.45, 7) is 0.0869. The van der Waals surface area contributed by atoms with Gasteiger partial charge in [-0.3, -0.25) is 9.78 Å². The van der Waals surface area contributed by atoms with E-state index in [2.05, 4.69) is 25.9 Å². The minimum atomic E-state index is -0.477. The molecule has 0 aromatic carbocycles. The summed E-state index contributed by atoms with van der Waals surface area (Å²) in [5.41, 5.74) is 5.55. The maximum absolute atomic E-state index is 12.0. The predicted octanol–water partition coefficient (Wildman–Crippen LogP) is -0.0681. The zero-order valence-corrected chi connectivity index (χ0v) is 12.6. The van der Waals surface area contributed by atoms with Gasteiger partial charge in [0, 0.05) is 25.7 Å². The highest BCUT2D eigenvalue weighted by molar-refractivity contribution is 9.10. The molecule has 0 radical (unpaired) electrons. The van der Waals surface area contributed by atoms with Crippen molar-refractivity contribution in [2.45, 2.75) is 13.0 Å². The van der Waals surface area contributed by atoms with Gasteiger partial charge in [-0.25, -0.2) is 0 Å². The van der Waals surface area contributed by atoms with Crippen molar-refractivity contribution in [1.29, 1.82) is 5.26 Å². The largest absolute Gasteiger partial charge is 0.396 e.